The lowest BCUT2D eigenvalue weighted by atomic mass is 9.74. The summed E-state index contributed by atoms with van der Waals surface area (Å²) in [4.78, 5) is 12.7. The van der Waals surface area contributed by atoms with Gasteiger partial charge in [-0.1, -0.05) is 35.3 Å². The van der Waals surface area contributed by atoms with Gasteiger partial charge in [0, 0.05) is 40.8 Å². The van der Waals surface area contributed by atoms with Crippen LogP contribution in [0.15, 0.2) is 36.4 Å². The standard InChI is InChI=1S/C21H23Cl2NO3/c1-14-3-4-15(11-19(14)26-2)20(25)24-13-21(7-9-27-10-8-21)17-6-5-16(22)12-18(17)23/h3-6,11-12H,7-10,13H2,1-2H3,(H,24,25). The van der Waals surface area contributed by atoms with Crippen molar-refractivity contribution in [2.24, 2.45) is 0 Å². The number of methoxy groups -OCH3 is 1. The minimum absolute atomic E-state index is 0.135. The largest absolute Gasteiger partial charge is 0.496 e. The van der Waals surface area contributed by atoms with E-state index in [0.29, 0.717) is 41.1 Å². The van der Waals surface area contributed by atoms with E-state index in [9.17, 15) is 4.79 Å². The van der Waals surface area contributed by atoms with Crippen molar-refractivity contribution in [3.05, 3.63) is 63.1 Å². The number of carbonyl (C=O) groups excluding carboxylic acids is 1. The van der Waals surface area contributed by atoms with Crippen LogP contribution < -0.4 is 10.1 Å². The Balaban J connectivity index is 1.82. The molecule has 144 valence electrons. The van der Waals surface area contributed by atoms with E-state index < -0.39 is 0 Å². The molecule has 0 aromatic heterocycles. The van der Waals surface area contributed by atoms with E-state index in [2.05, 4.69) is 5.32 Å². The van der Waals surface area contributed by atoms with Crippen LogP contribution in [0, 0.1) is 6.92 Å². The Morgan fingerprint density at radius 3 is 2.59 bits per heavy atom. The molecule has 1 heterocycles. The number of benzene rings is 2. The highest BCUT2D eigenvalue weighted by Gasteiger charge is 2.36. The zero-order chi connectivity index (χ0) is 19.4. The Morgan fingerprint density at radius 2 is 1.93 bits per heavy atom. The topological polar surface area (TPSA) is 47.6 Å². The highest BCUT2D eigenvalue weighted by Crippen LogP contribution is 2.39. The summed E-state index contributed by atoms with van der Waals surface area (Å²) in [6, 6.07) is 11.0. The van der Waals surface area contributed by atoms with E-state index in [1.807, 2.05) is 25.1 Å². The molecule has 0 saturated carbocycles. The minimum atomic E-state index is -0.273. The fraction of sp³-hybridized carbons (Fsp3) is 0.381. The van der Waals surface area contributed by atoms with Crippen LogP contribution in [0.4, 0.5) is 0 Å². The van der Waals surface area contributed by atoms with Crippen LogP contribution in [0.1, 0.15) is 34.3 Å². The second-order valence-electron chi connectivity index (χ2n) is 6.88. The number of nitrogens with one attached hydrogen (secondary N) is 1. The quantitative estimate of drug-likeness (QED) is 0.774. The number of aryl methyl sites for hydroxylation is 1. The van der Waals surface area contributed by atoms with Gasteiger partial charge in [-0.05, 0) is 55.2 Å². The lowest BCUT2D eigenvalue weighted by Gasteiger charge is -2.38. The predicted octanol–water partition coefficient (Wildman–Crippen LogP) is 4.79. The third-order valence-corrected chi connectivity index (χ3v) is 5.76. The fourth-order valence-corrected chi connectivity index (χ4v) is 4.14. The molecule has 0 radical (unpaired) electrons. The third kappa shape index (κ3) is 4.40. The molecule has 4 nitrogen and oxygen atoms in total. The van der Waals surface area contributed by atoms with Gasteiger partial charge in [-0.15, -0.1) is 0 Å². The van der Waals surface area contributed by atoms with E-state index >= 15 is 0 Å². The Kier molecular flexibility index (Phi) is 6.30. The molecule has 0 atom stereocenters. The summed E-state index contributed by atoms with van der Waals surface area (Å²) >= 11 is 12.5. The highest BCUT2D eigenvalue weighted by atomic mass is 35.5. The molecule has 0 unspecified atom stereocenters. The van der Waals surface area contributed by atoms with Gasteiger partial charge >= 0.3 is 0 Å². The van der Waals surface area contributed by atoms with Crippen LogP contribution >= 0.6 is 23.2 Å². The molecule has 0 bridgehead atoms. The first-order chi connectivity index (χ1) is 12.9. The maximum absolute atomic E-state index is 12.7. The number of hydrogen-bond acceptors (Lipinski definition) is 3. The van der Waals surface area contributed by atoms with Crippen LogP contribution in [-0.2, 0) is 10.2 Å². The normalized spacial score (nSPS) is 16.0. The van der Waals surface area contributed by atoms with Gasteiger partial charge in [0.05, 0.1) is 7.11 Å². The number of amides is 1. The lowest BCUT2D eigenvalue weighted by molar-refractivity contribution is 0.0487. The summed E-state index contributed by atoms with van der Waals surface area (Å²) in [5.41, 5.74) is 2.29. The van der Waals surface area contributed by atoms with Crippen molar-refractivity contribution in [3.63, 3.8) is 0 Å². The van der Waals surface area contributed by atoms with Gasteiger partial charge in [0.25, 0.3) is 5.91 Å². The van der Waals surface area contributed by atoms with Gasteiger partial charge in [-0.2, -0.15) is 0 Å². The first kappa shape index (κ1) is 20.0. The molecular weight excluding hydrogens is 385 g/mol. The van der Waals surface area contributed by atoms with Gasteiger partial charge in [-0.3, -0.25) is 4.79 Å². The summed E-state index contributed by atoms with van der Waals surface area (Å²) in [6.07, 6.45) is 1.57. The number of carbonyl (C=O) groups is 1. The molecule has 3 rings (SSSR count). The van der Waals surface area contributed by atoms with Crippen LogP contribution in [0.25, 0.3) is 0 Å². The molecule has 27 heavy (non-hydrogen) atoms. The molecule has 1 N–H and O–H groups in total. The fourth-order valence-electron chi connectivity index (χ4n) is 3.54. The van der Waals surface area contributed by atoms with Crippen molar-refractivity contribution >= 4 is 29.1 Å². The first-order valence-electron chi connectivity index (χ1n) is 8.91. The predicted molar refractivity (Wildman–Crippen MR) is 108 cm³/mol. The second-order valence-corrected chi connectivity index (χ2v) is 7.73. The van der Waals surface area contributed by atoms with Gasteiger partial charge < -0.3 is 14.8 Å². The summed E-state index contributed by atoms with van der Waals surface area (Å²) in [5.74, 6) is 0.563. The van der Waals surface area contributed by atoms with Gasteiger partial charge in [0.2, 0.25) is 0 Å². The van der Waals surface area contributed by atoms with Crippen LogP contribution in [0.3, 0.4) is 0 Å². The molecule has 0 spiro atoms. The minimum Gasteiger partial charge on any atom is -0.496 e. The highest BCUT2D eigenvalue weighted by molar-refractivity contribution is 6.35. The average Bonchev–Trinajstić information content (AvgIpc) is 2.67. The monoisotopic (exact) mass is 407 g/mol. The van der Waals surface area contributed by atoms with E-state index in [-0.39, 0.29) is 11.3 Å². The lowest BCUT2D eigenvalue weighted by Crippen LogP contribution is -2.44. The Hall–Kier alpha value is -1.75. The molecule has 1 aliphatic rings. The van der Waals surface area contributed by atoms with Gasteiger partial charge in [0.1, 0.15) is 5.75 Å². The summed E-state index contributed by atoms with van der Waals surface area (Å²) < 4.78 is 10.9. The van der Waals surface area contributed by atoms with E-state index in [1.165, 1.54) is 0 Å². The molecule has 1 amide bonds. The maximum atomic E-state index is 12.7. The molecule has 2 aromatic carbocycles. The molecule has 6 heteroatoms. The van der Waals surface area contributed by atoms with E-state index in [0.717, 1.165) is 24.0 Å². The van der Waals surface area contributed by atoms with Gasteiger partial charge in [0.15, 0.2) is 0 Å². The first-order valence-corrected chi connectivity index (χ1v) is 9.67. The van der Waals surface area contributed by atoms with Gasteiger partial charge in [-0.25, -0.2) is 0 Å². The Labute approximate surface area is 169 Å². The van der Waals surface area contributed by atoms with Crippen molar-refractivity contribution < 1.29 is 14.3 Å². The van der Waals surface area contributed by atoms with Crippen LogP contribution in [0.5, 0.6) is 5.75 Å². The smallest absolute Gasteiger partial charge is 0.251 e. The molecule has 2 aromatic rings. The molecular formula is C21H23Cl2NO3. The number of rotatable bonds is 5. The summed E-state index contributed by atoms with van der Waals surface area (Å²) in [5, 5.41) is 4.30. The third-order valence-electron chi connectivity index (χ3n) is 5.21. The number of hydrogen-bond donors (Lipinski definition) is 1. The molecule has 0 aliphatic carbocycles. The number of ether oxygens (including phenoxy) is 2. The zero-order valence-corrected chi connectivity index (χ0v) is 17.0. The van der Waals surface area contributed by atoms with Crippen molar-refractivity contribution in [2.75, 3.05) is 26.9 Å². The van der Waals surface area contributed by atoms with E-state index in [4.69, 9.17) is 32.7 Å². The summed E-state index contributed by atoms with van der Waals surface area (Å²) in [7, 11) is 1.60. The Bertz CT molecular complexity index is 832. The second kappa shape index (κ2) is 8.51. The van der Waals surface area contributed by atoms with Crippen LogP contribution in [0.2, 0.25) is 10.0 Å². The van der Waals surface area contributed by atoms with Crippen molar-refractivity contribution in [3.8, 4) is 5.75 Å². The Morgan fingerprint density at radius 1 is 1.19 bits per heavy atom. The van der Waals surface area contributed by atoms with Crippen molar-refractivity contribution in [1.82, 2.24) is 5.32 Å². The molecule has 1 saturated heterocycles. The molecule has 1 fully saturated rings. The van der Waals surface area contributed by atoms with Crippen molar-refractivity contribution in [2.45, 2.75) is 25.2 Å². The maximum Gasteiger partial charge on any atom is 0.251 e. The summed E-state index contributed by atoms with van der Waals surface area (Å²) in [6.45, 7) is 3.69. The molecule has 1 aliphatic heterocycles. The SMILES string of the molecule is COc1cc(C(=O)NCC2(c3ccc(Cl)cc3Cl)CCOCC2)ccc1C. The average molecular weight is 408 g/mol. The van der Waals surface area contributed by atoms with Crippen molar-refractivity contribution in [1.29, 1.82) is 0 Å². The van der Waals surface area contributed by atoms with E-state index in [1.54, 1.807) is 25.3 Å². The zero-order valence-electron chi connectivity index (χ0n) is 15.5. The number of halogens is 2. The van der Waals surface area contributed by atoms with Crippen LogP contribution in [-0.4, -0.2) is 32.8 Å².